The molecule has 0 spiro atoms. The van der Waals surface area contributed by atoms with Gasteiger partial charge in [0.25, 0.3) is 5.91 Å². The SMILES string of the molecule is O=C(Nc1ccccc1)c1cc(Oc2c(Cl)c(F)nc(NCCN3CCNC3=O)c2Cl)ccc1O. The van der Waals surface area contributed by atoms with Gasteiger partial charge in [-0.2, -0.15) is 9.37 Å². The van der Waals surface area contributed by atoms with Crippen molar-refractivity contribution in [2.45, 2.75) is 0 Å². The molecule has 1 aliphatic heterocycles. The number of nitrogens with zero attached hydrogens (tertiary/aromatic N) is 2. The topological polar surface area (TPSA) is 116 Å². The van der Waals surface area contributed by atoms with Crippen molar-refractivity contribution in [1.29, 1.82) is 0 Å². The number of ether oxygens (including phenoxy) is 1. The number of phenols is 1. The fourth-order valence-corrected chi connectivity index (χ4v) is 3.80. The fraction of sp³-hybridized carbons (Fsp3) is 0.174. The van der Waals surface area contributed by atoms with E-state index in [1.807, 2.05) is 0 Å². The number of carbonyl (C=O) groups is 2. The lowest BCUT2D eigenvalue weighted by atomic mass is 10.1. The Hall–Kier alpha value is -3.76. The van der Waals surface area contributed by atoms with Crippen molar-refractivity contribution in [3.05, 3.63) is 70.1 Å². The highest BCUT2D eigenvalue weighted by atomic mass is 35.5. The summed E-state index contributed by atoms with van der Waals surface area (Å²) in [5, 5.41) is 17.8. The first-order valence-electron chi connectivity index (χ1n) is 10.5. The number of hydrogen-bond acceptors (Lipinski definition) is 6. The number of hydrogen-bond donors (Lipinski definition) is 4. The molecule has 0 unspecified atom stereocenters. The number of para-hydroxylation sites is 1. The van der Waals surface area contributed by atoms with Gasteiger partial charge in [0.2, 0.25) is 5.95 Å². The number of benzene rings is 2. The van der Waals surface area contributed by atoms with E-state index in [1.165, 1.54) is 18.2 Å². The summed E-state index contributed by atoms with van der Waals surface area (Å²) in [7, 11) is 0. The Morgan fingerprint density at radius 2 is 1.97 bits per heavy atom. The number of anilines is 2. The molecule has 2 heterocycles. The van der Waals surface area contributed by atoms with Gasteiger partial charge in [0, 0.05) is 31.9 Å². The van der Waals surface area contributed by atoms with Crippen LogP contribution in [0.5, 0.6) is 17.2 Å². The number of nitrogens with one attached hydrogen (secondary N) is 3. The first kappa shape index (κ1) is 24.4. The van der Waals surface area contributed by atoms with Gasteiger partial charge in [0.05, 0.1) is 5.56 Å². The molecule has 1 saturated heterocycles. The average molecular weight is 520 g/mol. The first-order chi connectivity index (χ1) is 16.8. The van der Waals surface area contributed by atoms with Crippen molar-refractivity contribution >= 4 is 46.6 Å². The number of rotatable bonds is 8. The van der Waals surface area contributed by atoms with Crippen LogP contribution in [0.25, 0.3) is 0 Å². The Balaban J connectivity index is 1.52. The minimum absolute atomic E-state index is 0.0241. The Morgan fingerprint density at radius 1 is 1.20 bits per heavy atom. The summed E-state index contributed by atoms with van der Waals surface area (Å²) in [6.45, 7) is 1.72. The summed E-state index contributed by atoms with van der Waals surface area (Å²) in [5.74, 6) is -2.04. The number of halogens is 3. The highest BCUT2D eigenvalue weighted by Crippen LogP contribution is 2.41. The van der Waals surface area contributed by atoms with Gasteiger partial charge >= 0.3 is 6.03 Å². The third kappa shape index (κ3) is 5.67. The van der Waals surface area contributed by atoms with E-state index in [0.717, 1.165) is 0 Å². The molecule has 182 valence electrons. The molecule has 1 aliphatic rings. The molecule has 0 saturated carbocycles. The van der Waals surface area contributed by atoms with Crippen LogP contribution in [0.4, 0.5) is 20.7 Å². The summed E-state index contributed by atoms with van der Waals surface area (Å²) in [4.78, 5) is 29.6. The van der Waals surface area contributed by atoms with Crippen molar-refractivity contribution in [2.75, 3.05) is 36.8 Å². The van der Waals surface area contributed by atoms with Crippen LogP contribution >= 0.6 is 23.2 Å². The van der Waals surface area contributed by atoms with Gasteiger partial charge in [0.15, 0.2) is 11.6 Å². The van der Waals surface area contributed by atoms with Gasteiger partial charge in [-0.05, 0) is 30.3 Å². The number of phenolic OH excluding ortho intramolecular Hbond substituents is 1. The van der Waals surface area contributed by atoms with Gasteiger partial charge in [-0.3, -0.25) is 4.79 Å². The molecule has 0 aliphatic carbocycles. The van der Waals surface area contributed by atoms with Crippen LogP contribution in [0, 0.1) is 5.95 Å². The Bertz CT molecular complexity index is 1260. The van der Waals surface area contributed by atoms with E-state index in [9.17, 15) is 19.1 Å². The van der Waals surface area contributed by atoms with E-state index < -0.39 is 16.9 Å². The molecular formula is C23H20Cl2FN5O4. The van der Waals surface area contributed by atoms with Gasteiger partial charge < -0.3 is 30.7 Å². The standard InChI is InChI=1S/C23H20Cl2FN5O4/c24-17-19(18(25)21(30-20(17)26)27-8-10-31-11-9-28-23(31)34)35-14-6-7-16(32)15(12-14)22(33)29-13-4-2-1-3-5-13/h1-7,12,32H,8-11H2,(H,27,30)(H,28,34)(H,29,33). The summed E-state index contributed by atoms with van der Waals surface area (Å²) in [6, 6.07) is 12.4. The normalized spacial score (nSPS) is 12.9. The maximum absolute atomic E-state index is 14.4. The van der Waals surface area contributed by atoms with Crippen molar-refractivity contribution in [2.24, 2.45) is 0 Å². The molecule has 4 rings (SSSR count). The smallest absolute Gasteiger partial charge is 0.317 e. The molecule has 1 fully saturated rings. The third-order valence-electron chi connectivity index (χ3n) is 5.08. The second-order valence-electron chi connectivity index (χ2n) is 7.46. The number of urea groups is 1. The molecule has 2 aromatic carbocycles. The summed E-state index contributed by atoms with van der Waals surface area (Å²) in [6.07, 6.45) is 0. The highest BCUT2D eigenvalue weighted by Gasteiger charge is 2.22. The van der Waals surface area contributed by atoms with Crippen LogP contribution in [0.1, 0.15) is 10.4 Å². The molecule has 35 heavy (non-hydrogen) atoms. The van der Waals surface area contributed by atoms with Crippen LogP contribution in [0.2, 0.25) is 10.0 Å². The molecular weight excluding hydrogens is 500 g/mol. The summed E-state index contributed by atoms with van der Waals surface area (Å²) >= 11 is 12.4. The lowest BCUT2D eigenvalue weighted by Gasteiger charge is -2.17. The van der Waals surface area contributed by atoms with E-state index in [2.05, 4.69) is 20.9 Å². The number of aromatic hydroxyl groups is 1. The zero-order valence-corrected chi connectivity index (χ0v) is 19.7. The molecule has 3 aromatic rings. The average Bonchev–Trinajstić information content (AvgIpc) is 3.26. The van der Waals surface area contributed by atoms with Crippen molar-refractivity contribution in [3.8, 4) is 17.2 Å². The second-order valence-corrected chi connectivity index (χ2v) is 8.21. The van der Waals surface area contributed by atoms with Gasteiger partial charge in [0.1, 0.15) is 21.5 Å². The third-order valence-corrected chi connectivity index (χ3v) is 5.76. The number of pyridine rings is 1. The van der Waals surface area contributed by atoms with E-state index in [0.29, 0.717) is 25.3 Å². The van der Waals surface area contributed by atoms with Gasteiger partial charge in [-0.25, -0.2) is 4.79 Å². The largest absolute Gasteiger partial charge is 0.507 e. The lowest BCUT2D eigenvalue weighted by molar-refractivity contribution is 0.102. The van der Waals surface area contributed by atoms with E-state index in [1.54, 1.807) is 35.2 Å². The first-order valence-corrected chi connectivity index (χ1v) is 11.3. The Labute approximate surface area is 209 Å². The van der Waals surface area contributed by atoms with Crippen molar-refractivity contribution < 1.29 is 23.8 Å². The number of carbonyl (C=O) groups excluding carboxylic acids is 2. The van der Waals surface area contributed by atoms with Crippen LogP contribution in [0.3, 0.4) is 0 Å². The van der Waals surface area contributed by atoms with E-state index >= 15 is 0 Å². The minimum atomic E-state index is -1.02. The molecule has 4 N–H and O–H groups in total. The van der Waals surface area contributed by atoms with Crippen molar-refractivity contribution in [1.82, 2.24) is 15.2 Å². The molecule has 1 aromatic heterocycles. The summed E-state index contributed by atoms with van der Waals surface area (Å²) in [5.41, 5.74) is 0.461. The second kappa shape index (κ2) is 10.7. The highest BCUT2D eigenvalue weighted by molar-refractivity contribution is 6.38. The van der Waals surface area contributed by atoms with Crippen LogP contribution in [-0.4, -0.2) is 53.1 Å². The van der Waals surface area contributed by atoms with Crippen molar-refractivity contribution in [3.63, 3.8) is 0 Å². The zero-order valence-electron chi connectivity index (χ0n) is 18.1. The predicted molar refractivity (Wildman–Crippen MR) is 130 cm³/mol. The quantitative estimate of drug-likeness (QED) is 0.320. The maximum atomic E-state index is 14.4. The Kier molecular flexibility index (Phi) is 7.42. The Morgan fingerprint density at radius 3 is 2.69 bits per heavy atom. The van der Waals surface area contributed by atoms with Gasteiger partial charge in [-0.1, -0.05) is 41.4 Å². The summed E-state index contributed by atoms with van der Waals surface area (Å²) < 4.78 is 20.1. The molecule has 0 atom stereocenters. The number of aromatic nitrogens is 1. The molecule has 12 heteroatoms. The predicted octanol–water partition coefficient (Wildman–Crippen LogP) is 4.71. The van der Waals surface area contributed by atoms with Crippen LogP contribution in [-0.2, 0) is 0 Å². The monoisotopic (exact) mass is 519 g/mol. The molecule has 3 amide bonds. The minimum Gasteiger partial charge on any atom is -0.507 e. The van der Waals surface area contributed by atoms with Gasteiger partial charge in [-0.15, -0.1) is 0 Å². The van der Waals surface area contributed by atoms with Crippen LogP contribution < -0.4 is 20.7 Å². The van der Waals surface area contributed by atoms with E-state index in [4.69, 9.17) is 27.9 Å². The lowest BCUT2D eigenvalue weighted by Crippen LogP contribution is -2.32. The fourth-order valence-electron chi connectivity index (χ4n) is 3.33. The van der Waals surface area contributed by atoms with Crippen LogP contribution in [0.15, 0.2) is 48.5 Å². The zero-order chi connectivity index (χ0) is 24.9. The maximum Gasteiger partial charge on any atom is 0.317 e. The number of amides is 3. The molecule has 0 bridgehead atoms. The molecule has 9 nitrogen and oxygen atoms in total. The molecule has 0 radical (unpaired) electrons. The van der Waals surface area contributed by atoms with E-state index in [-0.39, 0.29) is 46.2 Å².